The molecule has 0 saturated heterocycles. The van der Waals surface area contributed by atoms with E-state index < -0.39 is 12.1 Å². The second-order valence-corrected chi connectivity index (χ2v) is 19.7. The predicted molar refractivity (Wildman–Crippen MR) is 285 cm³/mol. The maximum Gasteiger partial charge on any atom is 0.220 e. The van der Waals surface area contributed by atoms with Gasteiger partial charge in [-0.05, 0) is 70.6 Å². The average molecular weight is 897 g/mol. The predicted octanol–water partition coefficient (Wildman–Crippen LogP) is 19.0. The van der Waals surface area contributed by atoms with Crippen molar-refractivity contribution in [1.82, 2.24) is 5.32 Å². The highest BCUT2D eigenvalue weighted by molar-refractivity contribution is 5.76. The fourth-order valence-electron chi connectivity index (χ4n) is 8.86. The van der Waals surface area contributed by atoms with Gasteiger partial charge in [-0.25, -0.2) is 0 Å². The van der Waals surface area contributed by atoms with E-state index in [0.717, 1.165) is 38.5 Å². The van der Waals surface area contributed by atoms with Gasteiger partial charge in [0, 0.05) is 6.42 Å². The average Bonchev–Trinajstić information content (AvgIpc) is 3.30. The molecule has 0 saturated carbocycles. The van der Waals surface area contributed by atoms with Crippen LogP contribution in [0.1, 0.15) is 309 Å². The Labute approximate surface area is 401 Å². The molecule has 3 N–H and O–H groups in total. The highest BCUT2D eigenvalue weighted by Crippen LogP contribution is 2.16. The van der Waals surface area contributed by atoms with Crippen molar-refractivity contribution in [1.29, 1.82) is 0 Å². The largest absolute Gasteiger partial charge is 0.394 e. The molecular weight excluding hydrogens is 783 g/mol. The zero-order valence-corrected chi connectivity index (χ0v) is 43.3. The summed E-state index contributed by atoms with van der Waals surface area (Å²) in [5.74, 6) is -0.0756. The van der Waals surface area contributed by atoms with E-state index in [1.807, 2.05) is 6.08 Å². The monoisotopic (exact) mass is 896 g/mol. The topological polar surface area (TPSA) is 69.6 Å². The Morgan fingerprint density at radius 2 is 0.609 bits per heavy atom. The smallest absolute Gasteiger partial charge is 0.220 e. The molecule has 0 heterocycles. The number of amides is 1. The molecule has 0 bridgehead atoms. The van der Waals surface area contributed by atoms with Crippen molar-refractivity contribution >= 4 is 5.91 Å². The molecule has 0 aromatic heterocycles. The Morgan fingerprint density at radius 3 is 0.906 bits per heavy atom. The van der Waals surface area contributed by atoms with Gasteiger partial charge in [-0.3, -0.25) is 4.79 Å². The van der Waals surface area contributed by atoms with E-state index in [0.29, 0.717) is 6.42 Å². The molecule has 1 amide bonds. The van der Waals surface area contributed by atoms with Gasteiger partial charge in [-0.15, -0.1) is 0 Å². The van der Waals surface area contributed by atoms with E-state index in [1.54, 1.807) is 6.08 Å². The first-order chi connectivity index (χ1) is 31.7. The lowest BCUT2D eigenvalue weighted by molar-refractivity contribution is -0.123. The van der Waals surface area contributed by atoms with Crippen molar-refractivity contribution in [3.05, 3.63) is 48.6 Å². The summed E-state index contributed by atoms with van der Waals surface area (Å²) in [6.07, 6.45) is 77.1. The van der Waals surface area contributed by atoms with E-state index in [1.165, 1.54) is 250 Å². The molecule has 64 heavy (non-hydrogen) atoms. The van der Waals surface area contributed by atoms with Crippen molar-refractivity contribution < 1.29 is 15.0 Å². The van der Waals surface area contributed by atoms with Crippen LogP contribution in [0.25, 0.3) is 0 Å². The minimum absolute atomic E-state index is 0.0756. The first-order valence-electron chi connectivity index (χ1n) is 28.9. The summed E-state index contributed by atoms with van der Waals surface area (Å²) >= 11 is 0. The van der Waals surface area contributed by atoms with Crippen LogP contribution in [0.3, 0.4) is 0 Å². The second-order valence-electron chi connectivity index (χ2n) is 19.7. The summed E-state index contributed by atoms with van der Waals surface area (Å²) in [6.45, 7) is 4.33. The Kier molecular flexibility index (Phi) is 54.2. The molecule has 0 aliphatic heterocycles. The number of aliphatic hydroxyl groups excluding tert-OH is 2. The summed E-state index contributed by atoms with van der Waals surface area (Å²) in [4.78, 5) is 12.5. The van der Waals surface area contributed by atoms with Crippen LogP contribution < -0.4 is 5.32 Å². The number of carbonyl (C=O) groups is 1. The minimum atomic E-state index is -0.872. The Hall–Kier alpha value is -1.65. The van der Waals surface area contributed by atoms with Gasteiger partial charge >= 0.3 is 0 Å². The number of rotatable bonds is 53. The van der Waals surface area contributed by atoms with Crippen molar-refractivity contribution in [2.75, 3.05) is 6.61 Å². The summed E-state index contributed by atoms with van der Waals surface area (Å²) in [7, 11) is 0. The number of hydrogen-bond acceptors (Lipinski definition) is 3. The van der Waals surface area contributed by atoms with Crippen LogP contribution in [0, 0.1) is 0 Å². The first kappa shape index (κ1) is 62.4. The minimum Gasteiger partial charge on any atom is -0.394 e. The van der Waals surface area contributed by atoms with Crippen LogP contribution >= 0.6 is 0 Å². The standard InChI is InChI=1S/C60H113NO3/c1-3-5-7-9-11-13-15-17-19-21-23-25-27-29-30-32-34-36-38-40-42-44-46-48-50-52-54-56-60(64)61-58(57-62)59(63)55-53-51-49-47-45-43-41-39-37-35-33-31-28-26-24-22-20-18-16-14-12-10-8-6-4-2/h29-30,37,39,45,47,53,55,58-59,62-63H,3-28,31-36,38,40-44,46,48-52,54,56-57H2,1-2H3,(H,61,64)/b30-29-,39-37+,47-45+,55-53+. The molecule has 0 aromatic carbocycles. The third-order valence-corrected chi connectivity index (χ3v) is 13.3. The number of unbranched alkanes of at least 4 members (excludes halogenated alkanes) is 40. The van der Waals surface area contributed by atoms with Crippen molar-refractivity contribution in [2.24, 2.45) is 0 Å². The summed E-state index contributed by atoms with van der Waals surface area (Å²) < 4.78 is 0. The molecule has 0 radical (unpaired) electrons. The van der Waals surface area contributed by atoms with Gasteiger partial charge in [-0.1, -0.05) is 281 Å². The van der Waals surface area contributed by atoms with Crippen LogP contribution in [-0.2, 0) is 4.79 Å². The van der Waals surface area contributed by atoms with Crippen LogP contribution in [0.5, 0.6) is 0 Å². The molecule has 0 fully saturated rings. The molecule has 376 valence electrons. The molecular formula is C60H113NO3. The summed E-state index contributed by atoms with van der Waals surface area (Å²) in [5.41, 5.74) is 0. The number of hydrogen-bond donors (Lipinski definition) is 3. The fourth-order valence-corrected chi connectivity index (χ4v) is 8.86. The molecule has 0 aliphatic rings. The number of nitrogens with one attached hydrogen (secondary N) is 1. The maximum atomic E-state index is 12.5. The van der Waals surface area contributed by atoms with Crippen LogP contribution in [0.4, 0.5) is 0 Å². The van der Waals surface area contributed by atoms with Crippen molar-refractivity contribution in [3.8, 4) is 0 Å². The van der Waals surface area contributed by atoms with Gasteiger partial charge in [0.05, 0.1) is 18.8 Å². The number of aliphatic hydroxyl groups is 2. The van der Waals surface area contributed by atoms with Crippen LogP contribution in [-0.4, -0.2) is 34.9 Å². The van der Waals surface area contributed by atoms with Gasteiger partial charge in [-0.2, -0.15) is 0 Å². The van der Waals surface area contributed by atoms with E-state index in [2.05, 4.69) is 55.6 Å². The highest BCUT2D eigenvalue weighted by Gasteiger charge is 2.18. The van der Waals surface area contributed by atoms with Crippen LogP contribution in [0.2, 0.25) is 0 Å². The van der Waals surface area contributed by atoms with Crippen molar-refractivity contribution in [3.63, 3.8) is 0 Å². The third kappa shape index (κ3) is 51.3. The second kappa shape index (κ2) is 55.7. The summed E-state index contributed by atoms with van der Waals surface area (Å²) in [5, 5.41) is 23.1. The van der Waals surface area contributed by atoms with Gasteiger partial charge in [0.25, 0.3) is 0 Å². The normalized spacial score (nSPS) is 13.1. The summed E-state index contributed by atoms with van der Waals surface area (Å²) in [6, 6.07) is -0.647. The zero-order chi connectivity index (χ0) is 46.3. The SMILES string of the molecule is CCCCCCCCCCCCCC/C=C\CCCCCCCCCCCCCC(=O)NC(CO)C(O)/C=C/CC/C=C/CC/C=C/CCCCCCCCCCCCCCCCC. The van der Waals surface area contributed by atoms with E-state index >= 15 is 0 Å². The van der Waals surface area contributed by atoms with Gasteiger partial charge < -0.3 is 15.5 Å². The molecule has 0 spiro atoms. The first-order valence-corrected chi connectivity index (χ1v) is 28.9. The zero-order valence-electron chi connectivity index (χ0n) is 43.3. The Morgan fingerprint density at radius 1 is 0.359 bits per heavy atom. The number of allylic oxidation sites excluding steroid dienone is 7. The quantitative estimate of drug-likeness (QED) is 0.0421. The molecule has 2 atom stereocenters. The molecule has 2 unspecified atom stereocenters. The maximum absolute atomic E-state index is 12.5. The van der Waals surface area contributed by atoms with Gasteiger partial charge in [0.1, 0.15) is 0 Å². The number of carbonyl (C=O) groups excluding carboxylic acids is 1. The molecule has 4 nitrogen and oxygen atoms in total. The van der Waals surface area contributed by atoms with Crippen molar-refractivity contribution in [2.45, 2.75) is 321 Å². The lowest BCUT2D eigenvalue weighted by Gasteiger charge is -2.19. The Balaban J connectivity index is 3.54. The molecule has 0 aliphatic carbocycles. The van der Waals surface area contributed by atoms with Gasteiger partial charge in [0.15, 0.2) is 0 Å². The fraction of sp³-hybridized carbons (Fsp3) is 0.850. The third-order valence-electron chi connectivity index (χ3n) is 13.3. The van der Waals surface area contributed by atoms with Crippen LogP contribution in [0.15, 0.2) is 48.6 Å². The highest BCUT2D eigenvalue weighted by atomic mass is 16.3. The van der Waals surface area contributed by atoms with E-state index in [9.17, 15) is 15.0 Å². The van der Waals surface area contributed by atoms with E-state index in [4.69, 9.17) is 0 Å². The van der Waals surface area contributed by atoms with E-state index in [-0.39, 0.29) is 12.5 Å². The Bertz CT molecular complexity index is 1020. The van der Waals surface area contributed by atoms with Gasteiger partial charge in [0.2, 0.25) is 5.91 Å². The molecule has 4 heteroatoms. The lowest BCUT2D eigenvalue weighted by Crippen LogP contribution is -2.45. The molecule has 0 aromatic rings. The molecule has 0 rings (SSSR count). The lowest BCUT2D eigenvalue weighted by atomic mass is 10.0.